The second kappa shape index (κ2) is 7.08. The molecule has 8 heteroatoms. The van der Waals surface area contributed by atoms with Gasteiger partial charge in [0.2, 0.25) is 0 Å². The molecule has 2 N–H and O–H groups in total. The lowest BCUT2D eigenvalue weighted by molar-refractivity contribution is -0.384. The molecule has 0 saturated heterocycles. The number of fused-ring (bicyclic) bond motifs is 1. The summed E-state index contributed by atoms with van der Waals surface area (Å²) in [4.78, 5) is 23.1. The number of hydrogen-bond donors (Lipinski definition) is 2. The SMILES string of the molecule is CCNc1ccc(C(=O)Nc2ccc3c(c2)OCCO3)cc1[N+](=O)[O-]. The van der Waals surface area contributed by atoms with Crippen molar-refractivity contribution in [1.29, 1.82) is 0 Å². The van der Waals surface area contributed by atoms with Gasteiger partial charge >= 0.3 is 0 Å². The Kier molecular flexibility index (Phi) is 4.69. The van der Waals surface area contributed by atoms with Crippen LogP contribution in [0.4, 0.5) is 17.1 Å². The number of benzene rings is 2. The summed E-state index contributed by atoms with van der Waals surface area (Å²) in [6.45, 7) is 3.32. The summed E-state index contributed by atoms with van der Waals surface area (Å²) in [5, 5.41) is 16.8. The van der Waals surface area contributed by atoms with Crippen LogP contribution in [0, 0.1) is 10.1 Å². The fraction of sp³-hybridized carbons (Fsp3) is 0.235. The largest absolute Gasteiger partial charge is 0.486 e. The molecule has 0 aromatic heterocycles. The van der Waals surface area contributed by atoms with E-state index < -0.39 is 10.8 Å². The normalized spacial score (nSPS) is 12.4. The molecule has 8 nitrogen and oxygen atoms in total. The zero-order valence-electron chi connectivity index (χ0n) is 13.6. The molecule has 3 rings (SSSR count). The maximum Gasteiger partial charge on any atom is 0.293 e. The maximum absolute atomic E-state index is 12.4. The van der Waals surface area contributed by atoms with Gasteiger partial charge in [-0.15, -0.1) is 0 Å². The molecule has 1 amide bonds. The van der Waals surface area contributed by atoms with E-state index in [0.29, 0.717) is 42.6 Å². The van der Waals surface area contributed by atoms with Gasteiger partial charge in [0.15, 0.2) is 11.5 Å². The van der Waals surface area contributed by atoms with Crippen LogP contribution in [-0.2, 0) is 0 Å². The molecule has 0 fully saturated rings. The first-order valence-electron chi connectivity index (χ1n) is 7.82. The number of hydrogen-bond acceptors (Lipinski definition) is 6. The molecular formula is C17H17N3O5. The third-order valence-corrected chi connectivity index (χ3v) is 3.62. The van der Waals surface area contributed by atoms with Gasteiger partial charge in [0.25, 0.3) is 11.6 Å². The molecule has 1 heterocycles. The highest BCUT2D eigenvalue weighted by Crippen LogP contribution is 2.33. The Morgan fingerprint density at radius 2 is 1.92 bits per heavy atom. The number of amides is 1. The van der Waals surface area contributed by atoms with Gasteiger partial charge in [0.1, 0.15) is 18.9 Å². The van der Waals surface area contributed by atoms with Crippen molar-refractivity contribution in [3.8, 4) is 11.5 Å². The Morgan fingerprint density at radius 1 is 1.16 bits per heavy atom. The third kappa shape index (κ3) is 3.63. The van der Waals surface area contributed by atoms with Gasteiger partial charge in [0.05, 0.1) is 4.92 Å². The summed E-state index contributed by atoms with van der Waals surface area (Å²) in [5.41, 5.74) is 0.955. The lowest BCUT2D eigenvalue weighted by Crippen LogP contribution is -2.16. The molecule has 0 atom stereocenters. The zero-order valence-corrected chi connectivity index (χ0v) is 13.6. The van der Waals surface area contributed by atoms with Crippen LogP contribution >= 0.6 is 0 Å². The number of rotatable bonds is 5. The summed E-state index contributed by atoms with van der Waals surface area (Å²) in [6.07, 6.45) is 0. The Bertz CT molecular complexity index is 822. The monoisotopic (exact) mass is 343 g/mol. The van der Waals surface area contributed by atoms with Gasteiger partial charge < -0.3 is 20.1 Å². The predicted molar refractivity (Wildman–Crippen MR) is 92.6 cm³/mol. The smallest absolute Gasteiger partial charge is 0.293 e. The summed E-state index contributed by atoms with van der Waals surface area (Å²) >= 11 is 0. The lowest BCUT2D eigenvalue weighted by Gasteiger charge is -2.19. The van der Waals surface area contributed by atoms with Crippen molar-refractivity contribution in [2.24, 2.45) is 0 Å². The van der Waals surface area contributed by atoms with Crippen molar-refractivity contribution in [3.05, 3.63) is 52.1 Å². The van der Waals surface area contributed by atoms with Crippen molar-refractivity contribution >= 4 is 23.0 Å². The minimum atomic E-state index is -0.515. The van der Waals surface area contributed by atoms with Crippen LogP contribution in [0.25, 0.3) is 0 Å². The van der Waals surface area contributed by atoms with E-state index in [1.807, 2.05) is 6.92 Å². The van der Waals surface area contributed by atoms with Crippen LogP contribution in [-0.4, -0.2) is 30.6 Å². The van der Waals surface area contributed by atoms with Crippen molar-refractivity contribution in [2.45, 2.75) is 6.92 Å². The van der Waals surface area contributed by atoms with E-state index in [4.69, 9.17) is 9.47 Å². The molecule has 0 radical (unpaired) electrons. The Labute approximate surface area is 143 Å². The Hall–Kier alpha value is -3.29. The van der Waals surface area contributed by atoms with Gasteiger partial charge in [-0.05, 0) is 31.2 Å². The minimum absolute atomic E-state index is 0.142. The second-order valence-electron chi connectivity index (χ2n) is 5.33. The predicted octanol–water partition coefficient (Wildman–Crippen LogP) is 3.05. The Balaban J connectivity index is 1.81. The van der Waals surface area contributed by atoms with Crippen molar-refractivity contribution in [3.63, 3.8) is 0 Å². The molecule has 1 aliphatic heterocycles. The van der Waals surface area contributed by atoms with E-state index in [9.17, 15) is 14.9 Å². The number of anilines is 2. The molecular weight excluding hydrogens is 326 g/mol. The van der Waals surface area contributed by atoms with Crippen molar-refractivity contribution in [2.75, 3.05) is 30.4 Å². The van der Waals surface area contributed by atoms with E-state index in [2.05, 4.69) is 10.6 Å². The van der Waals surface area contributed by atoms with Crippen LogP contribution in [0.15, 0.2) is 36.4 Å². The fourth-order valence-electron chi connectivity index (χ4n) is 2.49. The van der Waals surface area contributed by atoms with Crippen LogP contribution in [0.1, 0.15) is 17.3 Å². The minimum Gasteiger partial charge on any atom is -0.486 e. The maximum atomic E-state index is 12.4. The summed E-state index contributed by atoms with van der Waals surface area (Å²) in [5.74, 6) is 0.732. The first-order valence-corrected chi connectivity index (χ1v) is 7.82. The lowest BCUT2D eigenvalue weighted by atomic mass is 10.1. The standard InChI is InChI=1S/C17H17N3O5/c1-2-18-13-5-3-11(9-14(13)20(22)23)17(21)19-12-4-6-15-16(10-12)25-8-7-24-15/h3-6,9-10,18H,2,7-8H2,1H3,(H,19,21). The highest BCUT2D eigenvalue weighted by atomic mass is 16.6. The average molecular weight is 343 g/mol. The molecule has 0 bridgehead atoms. The molecule has 25 heavy (non-hydrogen) atoms. The number of nitro groups is 1. The number of carbonyl (C=O) groups excluding carboxylic acids is 1. The third-order valence-electron chi connectivity index (χ3n) is 3.62. The van der Waals surface area contributed by atoms with Crippen LogP contribution < -0.4 is 20.1 Å². The van der Waals surface area contributed by atoms with E-state index in [-0.39, 0.29) is 11.3 Å². The van der Waals surface area contributed by atoms with E-state index in [1.54, 1.807) is 24.3 Å². The number of nitro benzene ring substituents is 1. The number of nitrogens with one attached hydrogen (secondary N) is 2. The fourth-order valence-corrected chi connectivity index (χ4v) is 2.49. The quantitative estimate of drug-likeness (QED) is 0.639. The van der Waals surface area contributed by atoms with E-state index >= 15 is 0 Å². The first-order chi connectivity index (χ1) is 12.1. The molecule has 0 saturated carbocycles. The zero-order chi connectivity index (χ0) is 17.8. The van der Waals surface area contributed by atoms with Gasteiger partial charge in [-0.2, -0.15) is 0 Å². The van der Waals surface area contributed by atoms with Gasteiger partial charge in [-0.3, -0.25) is 14.9 Å². The summed E-state index contributed by atoms with van der Waals surface area (Å²) in [7, 11) is 0. The molecule has 2 aromatic carbocycles. The molecule has 2 aromatic rings. The van der Waals surface area contributed by atoms with Gasteiger partial charge in [0, 0.05) is 29.9 Å². The van der Waals surface area contributed by atoms with Gasteiger partial charge in [-0.25, -0.2) is 0 Å². The number of carbonyl (C=O) groups is 1. The molecule has 0 unspecified atom stereocenters. The van der Waals surface area contributed by atoms with Gasteiger partial charge in [-0.1, -0.05) is 0 Å². The highest BCUT2D eigenvalue weighted by molar-refractivity contribution is 6.05. The molecule has 1 aliphatic rings. The van der Waals surface area contributed by atoms with Crippen LogP contribution in [0.5, 0.6) is 11.5 Å². The van der Waals surface area contributed by atoms with Crippen LogP contribution in [0.2, 0.25) is 0 Å². The molecule has 0 spiro atoms. The van der Waals surface area contributed by atoms with Crippen molar-refractivity contribution in [1.82, 2.24) is 0 Å². The summed E-state index contributed by atoms with van der Waals surface area (Å²) in [6, 6.07) is 9.38. The number of ether oxygens (including phenoxy) is 2. The summed E-state index contributed by atoms with van der Waals surface area (Å²) < 4.78 is 10.9. The average Bonchev–Trinajstić information content (AvgIpc) is 2.62. The first kappa shape index (κ1) is 16.6. The highest BCUT2D eigenvalue weighted by Gasteiger charge is 2.18. The number of nitrogens with zero attached hydrogens (tertiary/aromatic N) is 1. The van der Waals surface area contributed by atoms with Crippen molar-refractivity contribution < 1.29 is 19.2 Å². The van der Waals surface area contributed by atoms with E-state index in [1.165, 1.54) is 12.1 Å². The second-order valence-corrected chi connectivity index (χ2v) is 5.33. The van der Waals surface area contributed by atoms with E-state index in [0.717, 1.165) is 0 Å². The Morgan fingerprint density at radius 3 is 2.64 bits per heavy atom. The topological polar surface area (TPSA) is 103 Å². The molecule has 0 aliphatic carbocycles. The molecule has 130 valence electrons. The van der Waals surface area contributed by atoms with Crippen LogP contribution in [0.3, 0.4) is 0 Å².